The van der Waals surface area contributed by atoms with Crippen molar-refractivity contribution in [2.75, 3.05) is 11.5 Å². The summed E-state index contributed by atoms with van der Waals surface area (Å²) in [7, 11) is 0. The fraction of sp³-hybridized carbons (Fsp3) is 0.294. The van der Waals surface area contributed by atoms with Gasteiger partial charge < -0.3 is 16.6 Å². The van der Waals surface area contributed by atoms with Crippen molar-refractivity contribution in [3.8, 4) is 0 Å². The van der Waals surface area contributed by atoms with E-state index in [1.54, 1.807) is 11.8 Å². The summed E-state index contributed by atoms with van der Waals surface area (Å²) in [5.41, 5.74) is 15.1. The number of thioether (sulfide) groups is 1. The molecule has 5 N–H and O–H groups in total. The van der Waals surface area contributed by atoms with Crippen molar-refractivity contribution in [1.29, 1.82) is 0 Å². The highest BCUT2D eigenvalue weighted by molar-refractivity contribution is 7.99. The average Bonchev–Trinajstić information content (AvgIpc) is 2.49. The smallest absolute Gasteiger partial charge is 0.0788 e. The first-order valence-corrected chi connectivity index (χ1v) is 8.01. The fourth-order valence-electron chi connectivity index (χ4n) is 2.09. The molecule has 0 radical (unpaired) electrons. The Hall–Kier alpha value is -1.49. The van der Waals surface area contributed by atoms with E-state index in [9.17, 15) is 5.11 Å². The van der Waals surface area contributed by atoms with Gasteiger partial charge in [0.15, 0.2) is 0 Å². The Morgan fingerprint density at radius 3 is 2.57 bits per heavy atom. The number of benzene rings is 2. The van der Waals surface area contributed by atoms with Crippen LogP contribution in [0.3, 0.4) is 0 Å². The second-order valence-corrected chi connectivity index (χ2v) is 6.34. The van der Waals surface area contributed by atoms with Gasteiger partial charge in [0.2, 0.25) is 0 Å². The number of rotatable bonds is 6. The van der Waals surface area contributed by atoms with Gasteiger partial charge in [-0.2, -0.15) is 0 Å². The van der Waals surface area contributed by atoms with Crippen molar-refractivity contribution in [3.05, 3.63) is 59.7 Å². The summed E-state index contributed by atoms with van der Waals surface area (Å²) in [6.07, 6.45) is 0.112. The predicted octanol–water partition coefficient (Wildman–Crippen LogP) is 2.60. The zero-order valence-corrected chi connectivity index (χ0v) is 13.0. The Morgan fingerprint density at radius 1 is 1.14 bits per heavy atom. The molecule has 2 unspecified atom stereocenters. The Balaban J connectivity index is 1.89. The Kier molecular flexibility index (Phi) is 5.67. The molecule has 0 heterocycles. The Morgan fingerprint density at radius 2 is 1.86 bits per heavy atom. The maximum absolute atomic E-state index is 10.2. The van der Waals surface area contributed by atoms with Crippen LogP contribution in [0.1, 0.15) is 11.1 Å². The van der Waals surface area contributed by atoms with Crippen LogP contribution < -0.4 is 11.5 Å². The van der Waals surface area contributed by atoms with Crippen molar-refractivity contribution < 1.29 is 5.11 Å². The summed E-state index contributed by atoms with van der Waals surface area (Å²) in [6.45, 7) is 2.03. The van der Waals surface area contributed by atoms with Gasteiger partial charge in [-0.15, -0.1) is 11.8 Å². The molecule has 0 bridgehead atoms. The van der Waals surface area contributed by atoms with E-state index in [1.807, 2.05) is 55.5 Å². The number of anilines is 1. The summed E-state index contributed by atoms with van der Waals surface area (Å²) in [4.78, 5) is 1.00. The molecule has 2 aromatic carbocycles. The molecule has 3 nitrogen and oxygen atoms in total. The highest BCUT2D eigenvalue weighted by Gasteiger charge is 2.16. The Labute approximate surface area is 130 Å². The van der Waals surface area contributed by atoms with Crippen LogP contribution in [0.4, 0.5) is 5.69 Å². The third-order valence-corrected chi connectivity index (χ3v) is 4.56. The minimum atomic E-state index is -0.560. The molecule has 0 saturated heterocycles. The first-order valence-electron chi connectivity index (χ1n) is 7.03. The number of hydrogen-bond donors (Lipinski definition) is 3. The number of aliphatic hydroxyl groups excluding tert-OH is 1. The van der Waals surface area contributed by atoms with Gasteiger partial charge in [-0.05, 0) is 36.6 Å². The van der Waals surface area contributed by atoms with Crippen LogP contribution in [0, 0.1) is 6.92 Å². The third-order valence-electron chi connectivity index (χ3n) is 3.39. The molecule has 0 fully saturated rings. The zero-order valence-electron chi connectivity index (χ0n) is 12.2. The quantitative estimate of drug-likeness (QED) is 0.566. The Bertz CT molecular complexity index is 574. The third kappa shape index (κ3) is 4.77. The van der Waals surface area contributed by atoms with E-state index < -0.39 is 6.10 Å². The van der Waals surface area contributed by atoms with E-state index >= 15 is 0 Å². The van der Waals surface area contributed by atoms with E-state index in [0.717, 1.165) is 21.7 Å². The number of nitrogens with two attached hydrogens (primary N) is 2. The lowest BCUT2D eigenvalue weighted by Crippen LogP contribution is -2.38. The maximum atomic E-state index is 10.2. The molecule has 0 aromatic heterocycles. The zero-order chi connectivity index (χ0) is 15.2. The van der Waals surface area contributed by atoms with Gasteiger partial charge in [-0.1, -0.05) is 36.4 Å². The molecule has 0 aliphatic rings. The van der Waals surface area contributed by atoms with Crippen molar-refractivity contribution in [2.24, 2.45) is 5.73 Å². The molecular weight excluding hydrogens is 280 g/mol. The molecule has 0 saturated carbocycles. The lowest BCUT2D eigenvalue weighted by Gasteiger charge is -2.19. The summed E-state index contributed by atoms with van der Waals surface area (Å²) in [6, 6.07) is 15.6. The van der Waals surface area contributed by atoms with Gasteiger partial charge in [-0.3, -0.25) is 0 Å². The molecule has 0 aliphatic carbocycles. The summed E-state index contributed by atoms with van der Waals surface area (Å²) < 4.78 is 0. The number of aryl methyl sites for hydroxylation is 1. The number of aliphatic hydroxyl groups is 1. The lowest BCUT2D eigenvalue weighted by molar-refractivity contribution is 0.167. The molecule has 2 aromatic rings. The molecular formula is C17H22N2OS. The largest absolute Gasteiger partial charge is 0.398 e. The molecule has 0 amide bonds. The lowest BCUT2D eigenvalue weighted by atomic mass is 10.0. The summed E-state index contributed by atoms with van der Waals surface area (Å²) in [5.74, 6) is 0.543. The van der Waals surface area contributed by atoms with Gasteiger partial charge in [-0.25, -0.2) is 0 Å². The van der Waals surface area contributed by atoms with Crippen LogP contribution >= 0.6 is 11.8 Å². The first kappa shape index (κ1) is 15.9. The van der Waals surface area contributed by atoms with Gasteiger partial charge in [0.05, 0.1) is 6.10 Å². The molecule has 21 heavy (non-hydrogen) atoms. The van der Waals surface area contributed by atoms with Crippen molar-refractivity contribution in [2.45, 2.75) is 30.4 Å². The number of hydrogen-bond acceptors (Lipinski definition) is 4. The topological polar surface area (TPSA) is 72.3 Å². The van der Waals surface area contributed by atoms with Crippen LogP contribution in [-0.4, -0.2) is 23.0 Å². The fourth-order valence-corrected chi connectivity index (χ4v) is 3.19. The second kappa shape index (κ2) is 7.50. The summed E-state index contributed by atoms with van der Waals surface area (Å²) >= 11 is 1.55. The summed E-state index contributed by atoms with van der Waals surface area (Å²) in [5, 5.41) is 10.2. The molecule has 2 atom stereocenters. The highest BCUT2D eigenvalue weighted by atomic mass is 32.2. The standard InChI is InChI=1S/C17H22N2OS/c1-12-7-8-14(18)17(9-12)21-11-16(20)15(19)10-13-5-3-2-4-6-13/h2-9,15-16,20H,10-11,18-19H2,1H3. The highest BCUT2D eigenvalue weighted by Crippen LogP contribution is 2.27. The van der Waals surface area contributed by atoms with Gasteiger partial charge in [0.25, 0.3) is 0 Å². The first-order chi connectivity index (χ1) is 10.1. The van der Waals surface area contributed by atoms with E-state index in [2.05, 4.69) is 0 Å². The monoisotopic (exact) mass is 302 g/mol. The minimum absolute atomic E-state index is 0.272. The van der Waals surface area contributed by atoms with E-state index in [4.69, 9.17) is 11.5 Å². The molecule has 2 rings (SSSR count). The number of nitrogen functional groups attached to an aromatic ring is 1. The minimum Gasteiger partial charge on any atom is -0.398 e. The second-order valence-electron chi connectivity index (χ2n) is 5.27. The molecule has 0 aliphatic heterocycles. The van der Waals surface area contributed by atoms with Crippen molar-refractivity contribution >= 4 is 17.4 Å². The molecule has 0 spiro atoms. The molecule has 4 heteroatoms. The van der Waals surface area contributed by atoms with Gasteiger partial charge in [0.1, 0.15) is 0 Å². The van der Waals surface area contributed by atoms with Crippen LogP contribution in [0.2, 0.25) is 0 Å². The van der Waals surface area contributed by atoms with E-state index in [1.165, 1.54) is 0 Å². The van der Waals surface area contributed by atoms with Crippen LogP contribution in [0.25, 0.3) is 0 Å². The van der Waals surface area contributed by atoms with Crippen LogP contribution in [0.15, 0.2) is 53.4 Å². The predicted molar refractivity (Wildman–Crippen MR) is 90.4 cm³/mol. The van der Waals surface area contributed by atoms with Crippen LogP contribution in [0.5, 0.6) is 0 Å². The van der Waals surface area contributed by atoms with Crippen LogP contribution in [-0.2, 0) is 6.42 Å². The van der Waals surface area contributed by atoms with Gasteiger partial charge >= 0.3 is 0 Å². The average molecular weight is 302 g/mol. The maximum Gasteiger partial charge on any atom is 0.0788 e. The van der Waals surface area contributed by atoms with Crippen molar-refractivity contribution in [1.82, 2.24) is 0 Å². The van der Waals surface area contributed by atoms with Gasteiger partial charge in [0, 0.05) is 22.4 Å². The van der Waals surface area contributed by atoms with E-state index in [-0.39, 0.29) is 6.04 Å². The SMILES string of the molecule is Cc1ccc(N)c(SCC(O)C(N)Cc2ccccc2)c1. The van der Waals surface area contributed by atoms with Crippen molar-refractivity contribution in [3.63, 3.8) is 0 Å². The molecule has 112 valence electrons. The van der Waals surface area contributed by atoms with E-state index in [0.29, 0.717) is 12.2 Å². The normalized spacial score (nSPS) is 13.9.